The molecular weight excluding hydrogens is 204 g/mol. The number of aromatic nitrogens is 2. The van der Waals surface area contributed by atoms with Crippen molar-refractivity contribution in [2.75, 3.05) is 33.0 Å². The molecule has 16 heavy (non-hydrogen) atoms. The van der Waals surface area contributed by atoms with Crippen LogP contribution < -0.4 is 10.5 Å². The lowest BCUT2D eigenvalue weighted by molar-refractivity contribution is 0.261. The Bertz CT molecular complexity index is 478. The van der Waals surface area contributed by atoms with Crippen LogP contribution in [0.5, 0.6) is 5.75 Å². The number of nitrogens with one attached hydrogen (secondary N) is 1. The number of hydrogen-bond acceptors (Lipinski definition) is 4. The molecule has 0 bridgehead atoms. The molecule has 86 valence electrons. The van der Waals surface area contributed by atoms with Gasteiger partial charge < -0.3 is 15.4 Å². The van der Waals surface area contributed by atoms with Crippen molar-refractivity contribution in [3.8, 4) is 5.75 Å². The highest BCUT2D eigenvalue weighted by Crippen LogP contribution is 2.22. The Labute approximate surface area is 94.2 Å². The second-order valence-corrected chi connectivity index (χ2v) is 3.97. The monoisotopic (exact) mass is 220 g/mol. The zero-order valence-electron chi connectivity index (χ0n) is 9.53. The van der Waals surface area contributed by atoms with E-state index in [-0.39, 0.29) is 0 Å². The zero-order valence-corrected chi connectivity index (χ0v) is 9.53. The first-order chi connectivity index (χ1) is 7.66. The molecule has 5 nitrogen and oxygen atoms in total. The number of benzene rings is 1. The van der Waals surface area contributed by atoms with E-state index < -0.39 is 0 Å². The van der Waals surface area contributed by atoms with Crippen molar-refractivity contribution in [3.05, 3.63) is 18.2 Å². The molecular formula is C11H16N4O. The lowest BCUT2D eigenvalue weighted by Crippen LogP contribution is -2.19. The van der Waals surface area contributed by atoms with Crippen molar-refractivity contribution in [3.63, 3.8) is 0 Å². The van der Waals surface area contributed by atoms with Crippen molar-refractivity contribution in [2.24, 2.45) is 0 Å². The quantitative estimate of drug-likeness (QED) is 0.809. The number of rotatable bonds is 4. The molecule has 2 rings (SSSR count). The van der Waals surface area contributed by atoms with E-state index in [9.17, 15) is 0 Å². The Balaban J connectivity index is 2.08. The molecule has 0 spiro atoms. The van der Waals surface area contributed by atoms with Crippen LogP contribution in [0.15, 0.2) is 18.2 Å². The number of likely N-dealkylation sites (N-methyl/N-ethyl adjacent to an activating group) is 1. The van der Waals surface area contributed by atoms with E-state index in [0.29, 0.717) is 12.4 Å². The number of aromatic amines is 1. The van der Waals surface area contributed by atoms with Crippen molar-refractivity contribution < 1.29 is 4.74 Å². The van der Waals surface area contributed by atoms with Gasteiger partial charge in [-0.3, -0.25) is 5.10 Å². The standard InChI is InChI=1S/C11H16N4O/c1-15(2)5-6-16-8-3-4-9-10(7-8)13-14-11(9)12/h3-4,7H,5-6H2,1-2H3,(H3,12,13,14). The second-order valence-electron chi connectivity index (χ2n) is 3.97. The van der Waals surface area contributed by atoms with Crippen molar-refractivity contribution in [1.29, 1.82) is 0 Å². The van der Waals surface area contributed by atoms with Crippen LogP contribution in [0.4, 0.5) is 5.82 Å². The zero-order chi connectivity index (χ0) is 11.5. The van der Waals surface area contributed by atoms with E-state index in [0.717, 1.165) is 23.2 Å². The molecule has 0 saturated heterocycles. The fraction of sp³-hybridized carbons (Fsp3) is 0.364. The number of nitrogen functional groups attached to an aromatic ring is 1. The Morgan fingerprint density at radius 3 is 3.00 bits per heavy atom. The number of H-pyrrole nitrogens is 1. The summed E-state index contributed by atoms with van der Waals surface area (Å²) in [5.41, 5.74) is 6.58. The molecule has 3 N–H and O–H groups in total. The third-order valence-electron chi connectivity index (χ3n) is 2.37. The van der Waals surface area contributed by atoms with Crippen LogP contribution in [-0.4, -0.2) is 42.3 Å². The Morgan fingerprint density at radius 1 is 1.44 bits per heavy atom. The summed E-state index contributed by atoms with van der Waals surface area (Å²) in [5.74, 6) is 1.35. The summed E-state index contributed by atoms with van der Waals surface area (Å²) < 4.78 is 5.60. The van der Waals surface area contributed by atoms with Crippen molar-refractivity contribution in [2.45, 2.75) is 0 Å². The van der Waals surface area contributed by atoms with Crippen molar-refractivity contribution >= 4 is 16.7 Å². The first kappa shape index (κ1) is 10.8. The number of ether oxygens (including phenoxy) is 1. The summed E-state index contributed by atoms with van der Waals surface area (Å²) in [6.07, 6.45) is 0. The molecule has 0 unspecified atom stereocenters. The summed E-state index contributed by atoms with van der Waals surface area (Å²) in [7, 11) is 4.03. The topological polar surface area (TPSA) is 67.2 Å². The molecule has 2 aromatic rings. The molecule has 0 aliphatic rings. The molecule has 1 aromatic heterocycles. The average molecular weight is 220 g/mol. The summed E-state index contributed by atoms with van der Waals surface area (Å²) in [6.45, 7) is 1.56. The van der Waals surface area contributed by atoms with Crippen LogP contribution in [0.2, 0.25) is 0 Å². The Kier molecular flexibility index (Phi) is 2.96. The van der Waals surface area contributed by atoms with Crippen LogP contribution in [0.3, 0.4) is 0 Å². The summed E-state index contributed by atoms with van der Waals surface area (Å²) in [5, 5.41) is 7.73. The molecule has 0 aliphatic heterocycles. The average Bonchev–Trinajstić information content (AvgIpc) is 2.60. The molecule has 0 fully saturated rings. The molecule has 0 aliphatic carbocycles. The second kappa shape index (κ2) is 4.40. The molecule has 5 heteroatoms. The van der Waals surface area contributed by atoms with Gasteiger partial charge in [-0.15, -0.1) is 0 Å². The minimum absolute atomic E-state index is 0.523. The van der Waals surface area contributed by atoms with Gasteiger partial charge in [0.15, 0.2) is 5.82 Å². The Hall–Kier alpha value is -1.75. The fourth-order valence-corrected chi connectivity index (χ4v) is 1.46. The van der Waals surface area contributed by atoms with E-state index in [4.69, 9.17) is 10.5 Å². The molecule has 0 atom stereocenters. The molecule has 0 saturated carbocycles. The normalized spacial score (nSPS) is 11.2. The van der Waals surface area contributed by atoms with E-state index in [2.05, 4.69) is 15.1 Å². The lowest BCUT2D eigenvalue weighted by Gasteiger charge is -2.10. The van der Waals surface area contributed by atoms with E-state index in [1.54, 1.807) is 0 Å². The van der Waals surface area contributed by atoms with Gasteiger partial charge in [-0.25, -0.2) is 0 Å². The first-order valence-electron chi connectivity index (χ1n) is 5.18. The van der Waals surface area contributed by atoms with Gasteiger partial charge in [0, 0.05) is 18.0 Å². The highest BCUT2D eigenvalue weighted by molar-refractivity contribution is 5.89. The van der Waals surface area contributed by atoms with Crippen LogP contribution in [0.1, 0.15) is 0 Å². The molecule has 0 amide bonds. The van der Waals surface area contributed by atoms with Gasteiger partial charge in [0.05, 0.1) is 5.52 Å². The van der Waals surface area contributed by atoms with E-state index >= 15 is 0 Å². The lowest BCUT2D eigenvalue weighted by atomic mass is 10.2. The number of anilines is 1. The fourth-order valence-electron chi connectivity index (χ4n) is 1.46. The van der Waals surface area contributed by atoms with Gasteiger partial charge in [-0.2, -0.15) is 5.10 Å². The highest BCUT2D eigenvalue weighted by Gasteiger charge is 2.03. The maximum Gasteiger partial charge on any atom is 0.153 e. The molecule has 1 aromatic carbocycles. The summed E-state index contributed by atoms with van der Waals surface area (Å²) in [6, 6.07) is 5.73. The minimum Gasteiger partial charge on any atom is -0.492 e. The number of nitrogens with zero attached hydrogens (tertiary/aromatic N) is 2. The maximum absolute atomic E-state index is 5.68. The third kappa shape index (κ3) is 2.25. The van der Waals surface area contributed by atoms with Gasteiger partial charge in [0.2, 0.25) is 0 Å². The number of fused-ring (bicyclic) bond motifs is 1. The summed E-state index contributed by atoms with van der Waals surface area (Å²) in [4.78, 5) is 2.08. The van der Waals surface area contributed by atoms with Crippen LogP contribution in [0.25, 0.3) is 10.9 Å². The van der Waals surface area contributed by atoms with E-state index in [1.807, 2.05) is 32.3 Å². The van der Waals surface area contributed by atoms with Gasteiger partial charge in [0.1, 0.15) is 12.4 Å². The Morgan fingerprint density at radius 2 is 2.25 bits per heavy atom. The smallest absolute Gasteiger partial charge is 0.153 e. The number of hydrogen-bond donors (Lipinski definition) is 2. The van der Waals surface area contributed by atoms with Gasteiger partial charge in [-0.05, 0) is 26.2 Å². The largest absolute Gasteiger partial charge is 0.492 e. The van der Waals surface area contributed by atoms with Gasteiger partial charge >= 0.3 is 0 Å². The minimum atomic E-state index is 0.523. The predicted molar refractivity (Wildman–Crippen MR) is 64.6 cm³/mol. The number of nitrogens with two attached hydrogens (primary N) is 1. The van der Waals surface area contributed by atoms with Gasteiger partial charge in [-0.1, -0.05) is 0 Å². The predicted octanol–water partition coefficient (Wildman–Crippen LogP) is 1.09. The summed E-state index contributed by atoms with van der Waals surface area (Å²) >= 11 is 0. The van der Waals surface area contributed by atoms with Crippen LogP contribution >= 0.6 is 0 Å². The maximum atomic E-state index is 5.68. The van der Waals surface area contributed by atoms with Crippen LogP contribution in [0, 0.1) is 0 Å². The van der Waals surface area contributed by atoms with E-state index in [1.165, 1.54) is 0 Å². The SMILES string of the molecule is CN(C)CCOc1ccc2c(N)n[nH]c2c1. The first-order valence-corrected chi connectivity index (χ1v) is 5.18. The highest BCUT2D eigenvalue weighted by atomic mass is 16.5. The van der Waals surface area contributed by atoms with Gasteiger partial charge in [0.25, 0.3) is 0 Å². The molecule has 0 radical (unpaired) electrons. The molecule has 1 heterocycles. The third-order valence-corrected chi connectivity index (χ3v) is 2.37. The van der Waals surface area contributed by atoms with Crippen LogP contribution in [-0.2, 0) is 0 Å². The van der Waals surface area contributed by atoms with Crippen molar-refractivity contribution in [1.82, 2.24) is 15.1 Å².